The monoisotopic (exact) mass is 363 g/mol. The van der Waals surface area contributed by atoms with Crippen LogP contribution in [0, 0.1) is 11.3 Å². The molecule has 4 rings (SSSR count). The summed E-state index contributed by atoms with van der Waals surface area (Å²) < 4.78 is 11.0. The maximum atomic E-state index is 12.8. The van der Waals surface area contributed by atoms with Crippen molar-refractivity contribution < 1.29 is 14.3 Å². The summed E-state index contributed by atoms with van der Waals surface area (Å²) in [6, 6.07) is 9.43. The van der Waals surface area contributed by atoms with Gasteiger partial charge < -0.3 is 19.4 Å². The maximum absolute atomic E-state index is 12.8. The smallest absolute Gasteiger partial charge is 0.270 e. The Morgan fingerprint density at radius 3 is 3.00 bits per heavy atom. The van der Waals surface area contributed by atoms with Crippen molar-refractivity contribution >= 4 is 16.8 Å². The first kappa shape index (κ1) is 16.8. The van der Waals surface area contributed by atoms with Crippen molar-refractivity contribution in [3.8, 4) is 17.7 Å². The van der Waals surface area contributed by atoms with Crippen LogP contribution >= 0.6 is 0 Å². The molecular formula is C19H17N5O3. The molecule has 136 valence electrons. The number of aromatic amines is 1. The van der Waals surface area contributed by atoms with Gasteiger partial charge in [0.05, 0.1) is 13.7 Å². The number of rotatable bonds is 4. The summed E-state index contributed by atoms with van der Waals surface area (Å²) in [5.41, 5.74) is 1.52. The highest BCUT2D eigenvalue weighted by Crippen LogP contribution is 2.24. The third kappa shape index (κ3) is 3.27. The maximum Gasteiger partial charge on any atom is 0.270 e. The van der Waals surface area contributed by atoms with Crippen molar-refractivity contribution in [3.63, 3.8) is 0 Å². The third-order valence-corrected chi connectivity index (χ3v) is 4.54. The first-order chi connectivity index (χ1) is 13.2. The van der Waals surface area contributed by atoms with E-state index in [0.29, 0.717) is 25.2 Å². The molecule has 3 heterocycles. The number of methoxy groups -OCH3 is 1. The lowest BCUT2D eigenvalue weighted by molar-refractivity contribution is 0.0766. The molecule has 1 fully saturated rings. The molecule has 8 heteroatoms. The van der Waals surface area contributed by atoms with E-state index in [1.54, 1.807) is 12.0 Å². The molecule has 1 aliphatic heterocycles. The number of fused-ring (bicyclic) bond motifs is 1. The van der Waals surface area contributed by atoms with Crippen molar-refractivity contribution in [2.24, 2.45) is 0 Å². The van der Waals surface area contributed by atoms with Crippen LogP contribution < -0.4 is 9.47 Å². The number of amides is 1. The van der Waals surface area contributed by atoms with Gasteiger partial charge in [-0.25, -0.2) is 9.97 Å². The second-order valence-corrected chi connectivity index (χ2v) is 6.24. The summed E-state index contributed by atoms with van der Waals surface area (Å²) >= 11 is 0. The van der Waals surface area contributed by atoms with Crippen LogP contribution in [0.25, 0.3) is 10.9 Å². The largest absolute Gasteiger partial charge is 0.497 e. The summed E-state index contributed by atoms with van der Waals surface area (Å²) in [4.78, 5) is 25.7. The Kier molecular flexibility index (Phi) is 4.34. The fourth-order valence-electron chi connectivity index (χ4n) is 3.17. The lowest BCUT2D eigenvalue weighted by atomic mass is 10.2. The molecule has 1 unspecified atom stereocenters. The number of nitrogens with zero attached hydrogens (tertiary/aromatic N) is 4. The molecule has 1 aliphatic rings. The molecule has 1 saturated heterocycles. The van der Waals surface area contributed by atoms with Crippen molar-refractivity contribution in [1.29, 1.82) is 5.26 Å². The molecule has 1 atom stereocenters. The zero-order valence-electron chi connectivity index (χ0n) is 14.7. The third-order valence-electron chi connectivity index (χ3n) is 4.54. The molecule has 1 N–H and O–H groups in total. The number of carbonyl (C=O) groups is 1. The van der Waals surface area contributed by atoms with Crippen molar-refractivity contribution in [1.82, 2.24) is 19.9 Å². The first-order valence-corrected chi connectivity index (χ1v) is 8.51. The van der Waals surface area contributed by atoms with Gasteiger partial charge in [0.1, 0.15) is 23.6 Å². The number of nitrogens with one attached hydrogen (secondary N) is 1. The SMILES string of the molecule is COc1ccc2cc(C(=O)N3CCC(Oc4nccnc4C#N)C3)[nH]c2c1. The molecule has 8 nitrogen and oxygen atoms in total. The molecular weight excluding hydrogens is 346 g/mol. The van der Waals surface area contributed by atoms with Gasteiger partial charge >= 0.3 is 0 Å². The Morgan fingerprint density at radius 2 is 2.19 bits per heavy atom. The molecule has 1 aromatic carbocycles. The van der Waals surface area contributed by atoms with Crippen LogP contribution in [0.5, 0.6) is 11.6 Å². The highest BCUT2D eigenvalue weighted by molar-refractivity contribution is 5.98. The van der Waals surface area contributed by atoms with Crippen LogP contribution in [0.2, 0.25) is 0 Å². The van der Waals surface area contributed by atoms with E-state index in [1.807, 2.05) is 30.3 Å². The summed E-state index contributed by atoms with van der Waals surface area (Å²) in [5, 5.41) is 10.0. The predicted molar refractivity (Wildman–Crippen MR) is 96.5 cm³/mol. The minimum absolute atomic E-state index is 0.0871. The van der Waals surface area contributed by atoms with Gasteiger partial charge in [-0.05, 0) is 18.2 Å². The van der Waals surface area contributed by atoms with Crippen molar-refractivity contribution in [2.45, 2.75) is 12.5 Å². The summed E-state index contributed by atoms with van der Waals surface area (Å²) in [6.07, 6.45) is 3.37. The van der Waals surface area contributed by atoms with E-state index in [0.717, 1.165) is 16.7 Å². The van der Waals surface area contributed by atoms with Gasteiger partial charge in [-0.15, -0.1) is 0 Å². The number of benzene rings is 1. The zero-order valence-corrected chi connectivity index (χ0v) is 14.7. The number of H-pyrrole nitrogens is 1. The number of carbonyl (C=O) groups excluding carboxylic acids is 1. The lowest BCUT2D eigenvalue weighted by Gasteiger charge is -2.16. The molecule has 27 heavy (non-hydrogen) atoms. The number of likely N-dealkylation sites (tertiary alicyclic amines) is 1. The van der Waals surface area contributed by atoms with Gasteiger partial charge in [-0.2, -0.15) is 5.26 Å². The number of ether oxygens (including phenoxy) is 2. The highest BCUT2D eigenvalue weighted by Gasteiger charge is 2.30. The Labute approximate surface area is 155 Å². The van der Waals surface area contributed by atoms with Crippen LogP contribution in [-0.4, -0.2) is 52.1 Å². The number of nitriles is 1. The molecule has 2 aromatic heterocycles. The topological polar surface area (TPSA) is 104 Å². The van der Waals surface area contributed by atoms with Gasteiger partial charge in [0.25, 0.3) is 11.8 Å². The van der Waals surface area contributed by atoms with Crippen LogP contribution in [0.1, 0.15) is 22.6 Å². The second-order valence-electron chi connectivity index (χ2n) is 6.24. The second kappa shape index (κ2) is 6.96. The van der Waals surface area contributed by atoms with Crippen LogP contribution in [0.4, 0.5) is 0 Å². The molecule has 0 spiro atoms. The quantitative estimate of drug-likeness (QED) is 0.761. The van der Waals surface area contributed by atoms with Gasteiger partial charge in [-0.3, -0.25) is 4.79 Å². The van der Waals surface area contributed by atoms with Gasteiger partial charge in [-0.1, -0.05) is 0 Å². The van der Waals surface area contributed by atoms with Crippen LogP contribution in [0.15, 0.2) is 36.7 Å². The fourth-order valence-corrected chi connectivity index (χ4v) is 3.17. The Hall–Kier alpha value is -3.60. The summed E-state index contributed by atoms with van der Waals surface area (Å²) in [6.45, 7) is 1.00. The minimum atomic E-state index is -0.220. The summed E-state index contributed by atoms with van der Waals surface area (Å²) in [5.74, 6) is 0.850. The van der Waals surface area contributed by atoms with Gasteiger partial charge in [0, 0.05) is 42.3 Å². The Balaban J connectivity index is 1.47. The van der Waals surface area contributed by atoms with Gasteiger partial charge in [0.15, 0.2) is 0 Å². The fraction of sp³-hybridized carbons (Fsp3) is 0.263. The van der Waals surface area contributed by atoms with Gasteiger partial charge in [0.2, 0.25) is 5.69 Å². The molecule has 0 radical (unpaired) electrons. The van der Waals surface area contributed by atoms with Crippen LogP contribution in [0.3, 0.4) is 0 Å². The minimum Gasteiger partial charge on any atom is -0.497 e. The molecule has 0 saturated carbocycles. The molecule has 1 amide bonds. The van der Waals surface area contributed by atoms with Crippen molar-refractivity contribution in [2.75, 3.05) is 20.2 Å². The van der Waals surface area contributed by atoms with E-state index in [1.165, 1.54) is 12.4 Å². The van der Waals surface area contributed by atoms with E-state index in [9.17, 15) is 4.79 Å². The normalized spacial score (nSPS) is 16.3. The van der Waals surface area contributed by atoms with E-state index in [4.69, 9.17) is 14.7 Å². The Bertz CT molecular complexity index is 1040. The van der Waals surface area contributed by atoms with E-state index >= 15 is 0 Å². The van der Waals surface area contributed by atoms with E-state index in [2.05, 4.69) is 15.0 Å². The summed E-state index contributed by atoms with van der Waals surface area (Å²) in [7, 11) is 1.61. The van der Waals surface area contributed by atoms with Crippen LogP contribution in [-0.2, 0) is 0 Å². The first-order valence-electron chi connectivity index (χ1n) is 8.51. The zero-order chi connectivity index (χ0) is 18.8. The number of hydrogen-bond acceptors (Lipinski definition) is 6. The number of aromatic nitrogens is 3. The molecule has 0 aliphatic carbocycles. The van der Waals surface area contributed by atoms with Crippen molar-refractivity contribution in [3.05, 3.63) is 48.0 Å². The number of hydrogen-bond donors (Lipinski definition) is 1. The Morgan fingerprint density at radius 1 is 1.33 bits per heavy atom. The van der Waals surface area contributed by atoms with E-state index < -0.39 is 0 Å². The predicted octanol–water partition coefficient (Wildman–Crippen LogP) is 2.13. The average Bonchev–Trinajstić information content (AvgIpc) is 3.34. The standard InChI is InChI=1S/C19H17N5O3/c1-26-13-3-2-12-8-16(23-15(12)9-13)19(25)24-7-4-14(11-24)27-18-17(10-20)21-5-6-22-18/h2-3,5-6,8-9,14,23H,4,7,11H2,1H3. The highest BCUT2D eigenvalue weighted by atomic mass is 16.5. The average molecular weight is 363 g/mol. The molecule has 0 bridgehead atoms. The lowest BCUT2D eigenvalue weighted by Crippen LogP contribution is -2.31. The van der Waals surface area contributed by atoms with E-state index in [-0.39, 0.29) is 23.6 Å². The molecule has 3 aromatic rings.